The van der Waals surface area contributed by atoms with E-state index in [0.29, 0.717) is 24.4 Å². The van der Waals surface area contributed by atoms with Gasteiger partial charge >= 0.3 is 0 Å². The molecule has 0 spiro atoms. The van der Waals surface area contributed by atoms with Crippen LogP contribution < -0.4 is 10.6 Å². The summed E-state index contributed by atoms with van der Waals surface area (Å²) in [6.07, 6.45) is 7.04. The third-order valence-electron chi connectivity index (χ3n) is 4.06. The highest BCUT2D eigenvalue weighted by Crippen LogP contribution is 2.32. The molecule has 1 atom stereocenters. The zero-order valence-corrected chi connectivity index (χ0v) is 11.9. The lowest BCUT2D eigenvalue weighted by molar-refractivity contribution is -0.120. The van der Waals surface area contributed by atoms with Crippen molar-refractivity contribution in [3.8, 4) is 0 Å². The largest absolute Gasteiger partial charge is 0.352 e. The van der Waals surface area contributed by atoms with E-state index in [-0.39, 0.29) is 11.9 Å². The summed E-state index contributed by atoms with van der Waals surface area (Å²) in [6, 6.07) is 0.305. The van der Waals surface area contributed by atoms with Crippen LogP contribution in [0.5, 0.6) is 0 Å². The van der Waals surface area contributed by atoms with Crippen LogP contribution in [-0.2, 0) is 4.79 Å². The van der Waals surface area contributed by atoms with Crippen molar-refractivity contribution in [3.05, 3.63) is 11.7 Å². The SMILES string of the molecule is C[C@@H](NCC(=O)NC1CC1)c1nc(C2CCCC2)no1. The number of hydrogen-bond donors (Lipinski definition) is 2. The first-order valence-corrected chi connectivity index (χ1v) is 7.58. The molecule has 20 heavy (non-hydrogen) atoms. The third kappa shape index (κ3) is 3.36. The van der Waals surface area contributed by atoms with E-state index in [0.717, 1.165) is 31.5 Å². The molecule has 2 fully saturated rings. The van der Waals surface area contributed by atoms with Crippen molar-refractivity contribution in [1.82, 2.24) is 20.8 Å². The van der Waals surface area contributed by atoms with Gasteiger partial charge in [-0.3, -0.25) is 10.1 Å². The average Bonchev–Trinajstić information content (AvgIpc) is 2.97. The predicted octanol–water partition coefficient (Wildman–Crippen LogP) is 1.66. The second-order valence-corrected chi connectivity index (χ2v) is 5.92. The summed E-state index contributed by atoms with van der Waals surface area (Å²) in [5, 5.41) is 10.1. The number of carbonyl (C=O) groups is 1. The number of amides is 1. The van der Waals surface area contributed by atoms with Gasteiger partial charge in [0.1, 0.15) is 0 Å². The molecule has 0 radical (unpaired) electrons. The van der Waals surface area contributed by atoms with Gasteiger partial charge in [-0.05, 0) is 32.6 Å². The fourth-order valence-corrected chi connectivity index (χ4v) is 2.61. The molecule has 1 aromatic rings. The minimum absolute atomic E-state index is 0.0369. The van der Waals surface area contributed by atoms with E-state index >= 15 is 0 Å². The first kappa shape index (κ1) is 13.5. The lowest BCUT2D eigenvalue weighted by Gasteiger charge is -2.09. The molecule has 2 aliphatic rings. The van der Waals surface area contributed by atoms with Gasteiger partial charge in [0.25, 0.3) is 0 Å². The fraction of sp³-hybridized carbons (Fsp3) is 0.786. The summed E-state index contributed by atoms with van der Waals surface area (Å²) in [4.78, 5) is 16.1. The molecule has 1 heterocycles. The quantitative estimate of drug-likeness (QED) is 0.827. The Kier molecular flexibility index (Phi) is 4.00. The fourth-order valence-electron chi connectivity index (χ4n) is 2.61. The average molecular weight is 278 g/mol. The molecule has 110 valence electrons. The molecule has 2 saturated carbocycles. The summed E-state index contributed by atoms with van der Waals surface area (Å²) in [6.45, 7) is 2.23. The first-order chi connectivity index (χ1) is 9.72. The van der Waals surface area contributed by atoms with Crippen LogP contribution in [0.25, 0.3) is 0 Å². The van der Waals surface area contributed by atoms with E-state index in [1.807, 2.05) is 6.92 Å². The van der Waals surface area contributed by atoms with Gasteiger partial charge in [0, 0.05) is 12.0 Å². The van der Waals surface area contributed by atoms with Gasteiger partial charge in [-0.15, -0.1) is 0 Å². The maximum Gasteiger partial charge on any atom is 0.243 e. The number of rotatable bonds is 6. The summed E-state index contributed by atoms with van der Waals surface area (Å²) in [5.74, 6) is 1.90. The lowest BCUT2D eigenvalue weighted by Crippen LogP contribution is -2.36. The highest BCUT2D eigenvalue weighted by Gasteiger charge is 2.25. The van der Waals surface area contributed by atoms with E-state index in [1.54, 1.807) is 0 Å². The van der Waals surface area contributed by atoms with Crippen LogP contribution in [0.2, 0.25) is 0 Å². The Bertz CT molecular complexity index is 463. The molecule has 1 aromatic heterocycles. The summed E-state index contributed by atoms with van der Waals surface area (Å²) < 4.78 is 5.31. The highest BCUT2D eigenvalue weighted by molar-refractivity contribution is 5.78. The molecule has 1 amide bonds. The molecule has 0 unspecified atom stereocenters. The summed E-state index contributed by atoms with van der Waals surface area (Å²) in [7, 11) is 0. The molecule has 3 rings (SSSR count). The van der Waals surface area contributed by atoms with Gasteiger partial charge in [-0.2, -0.15) is 4.98 Å². The Labute approximate surface area is 118 Å². The van der Waals surface area contributed by atoms with Crippen molar-refractivity contribution in [1.29, 1.82) is 0 Å². The normalized spacial score (nSPS) is 21.1. The van der Waals surface area contributed by atoms with Gasteiger partial charge in [0.05, 0.1) is 12.6 Å². The molecule has 2 aliphatic carbocycles. The van der Waals surface area contributed by atoms with Crippen molar-refractivity contribution in [2.45, 2.75) is 63.5 Å². The van der Waals surface area contributed by atoms with E-state index < -0.39 is 0 Å². The van der Waals surface area contributed by atoms with Crippen LogP contribution in [0.1, 0.15) is 69.1 Å². The number of aromatic nitrogens is 2. The van der Waals surface area contributed by atoms with E-state index in [9.17, 15) is 4.79 Å². The maximum atomic E-state index is 11.6. The molecule has 0 aliphatic heterocycles. The van der Waals surface area contributed by atoms with E-state index in [2.05, 4.69) is 20.8 Å². The topological polar surface area (TPSA) is 80.0 Å². The first-order valence-electron chi connectivity index (χ1n) is 7.58. The van der Waals surface area contributed by atoms with Gasteiger partial charge in [0.2, 0.25) is 11.8 Å². The minimum atomic E-state index is -0.0948. The van der Waals surface area contributed by atoms with Crippen molar-refractivity contribution in [2.24, 2.45) is 0 Å². The third-order valence-corrected chi connectivity index (χ3v) is 4.06. The van der Waals surface area contributed by atoms with Crippen LogP contribution in [0.15, 0.2) is 4.52 Å². The number of nitrogens with one attached hydrogen (secondary N) is 2. The van der Waals surface area contributed by atoms with Gasteiger partial charge in [0.15, 0.2) is 5.82 Å². The Morgan fingerprint density at radius 3 is 2.80 bits per heavy atom. The smallest absolute Gasteiger partial charge is 0.243 e. The van der Waals surface area contributed by atoms with Crippen LogP contribution in [0.3, 0.4) is 0 Å². The van der Waals surface area contributed by atoms with Crippen molar-refractivity contribution in [3.63, 3.8) is 0 Å². The number of hydrogen-bond acceptors (Lipinski definition) is 5. The zero-order valence-electron chi connectivity index (χ0n) is 11.9. The molecular formula is C14H22N4O2. The van der Waals surface area contributed by atoms with Gasteiger partial charge in [-0.1, -0.05) is 18.0 Å². The molecule has 6 heteroatoms. The van der Waals surface area contributed by atoms with Crippen molar-refractivity contribution in [2.75, 3.05) is 6.54 Å². The van der Waals surface area contributed by atoms with Crippen LogP contribution in [0, 0.1) is 0 Å². The Morgan fingerprint density at radius 1 is 1.35 bits per heavy atom. The summed E-state index contributed by atoms with van der Waals surface area (Å²) >= 11 is 0. The predicted molar refractivity (Wildman–Crippen MR) is 73.1 cm³/mol. The highest BCUT2D eigenvalue weighted by atomic mass is 16.5. The molecule has 6 nitrogen and oxygen atoms in total. The van der Waals surface area contributed by atoms with Crippen molar-refractivity contribution < 1.29 is 9.32 Å². The monoisotopic (exact) mass is 278 g/mol. The standard InChI is InChI=1S/C14H22N4O2/c1-9(15-8-12(19)16-11-6-7-11)14-17-13(18-20-14)10-4-2-3-5-10/h9-11,15H,2-8H2,1H3,(H,16,19)/t9-/m1/s1. The zero-order chi connectivity index (χ0) is 13.9. The molecule has 0 bridgehead atoms. The summed E-state index contributed by atoms with van der Waals surface area (Å²) in [5.41, 5.74) is 0. The molecular weight excluding hydrogens is 256 g/mol. The number of nitrogens with zero attached hydrogens (tertiary/aromatic N) is 2. The minimum Gasteiger partial charge on any atom is -0.352 e. The Hall–Kier alpha value is -1.43. The van der Waals surface area contributed by atoms with Crippen LogP contribution in [-0.4, -0.2) is 28.6 Å². The number of carbonyl (C=O) groups excluding carboxylic acids is 1. The van der Waals surface area contributed by atoms with Crippen LogP contribution >= 0.6 is 0 Å². The van der Waals surface area contributed by atoms with Crippen LogP contribution in [0.4, 0.5) is 0 Å². The Morgan fingerprint density at radius 2 is 2.10 bits per heavy atom. The van der Waals surface area contributed by atoms with Gasteiger partial charge in [-0.25, -0.2) is 0 Å². The molecule has 0 aromatic carbocycles. The molecule has 0 saturated heterocycles. The molecule has 2 N–H and O–H groups in total. The maximum absolute atomic E-state index is 11.6. The second kappa shape index (κ2) is 5.91. The van der Waals surface area contributed by atoms with E-state index in [4.69, 9.17) is 4.52 Å². The van der Waals surface area contributed by atoms with Crippen molar-refractivity contribution >= 4 is 5.91 Å². The Balaban J connectivity index is 1.48. The lowest BCUT2D eigenvalue weighted by atomic mass is 10.1. The second-order valence-electron chi connectivity index (χ2n) is 5.92. The van der Waals surface area contributed by atoms with Gasteiger partial charge < -0.3 is 9.84 Å². The van der Waals surface area contributed by atoms with E-state index in [1.165, 1.54) is 12.8 Å².